The van der Waals surface area contributed by atoms with Crippen molar-refractivity contribution in [3.63, 3.8) is 0 Å². The summed E-state index contributed by atoms with van der Waals surface area (Å²) in [4.78, 5) is 35.6. The Bertz CT molecular complexity index is 1040. The summed E-state index contributed by atoms with van der Waals surface area (Å²) in [6.07, 6.45) is 1.57. The number of carbonyl (C=O) groups is 3. The third kappa shape index (κ3) is 4.67. The lowest BCUT2D eigenvalue weighted by atomic mass is 10.0. The van der Waals surface area contributed by atoms with Crippen molar-refractivity contribution in [3.8, 4) is 16.9 Å². The highest BCUT2D eigenvalue weighted by molar-refractivity contribution is 5.99. The largest absolute Gasteiger partial charge is 0.452 e. The van der Waals surface area contributed by atoms with Crippen LogP contribution < -0.4 is 10.6 Å². The molecule has 3 amide bonds. The molecule has 2 N–H and O–H groups in total. The van der Waals surface area contributed by atoms with Crippen LogP contribution >= 0.6 is 0 Å². The molecule has 29 heavy (non-hydrogen) atoms. The smallest absolute Gasteiger partial charge is 0.342 e. The number of ether oxygens (including phenoxy) is 1. The van der Waals surface area contributed by atoms with Crippen molar-refractivity contribution in [2.24, 2.45) is 0 Å². The highest BCUT2D eigenvalue weighted by Gasteiger charge is 2.22. The Kier molecular flexibility index (Phi) is 6.03. The van der Waals surface area contributed by atoms with E-state index in [-0.39, 0.29) is 5.56 Å². The van der Waals surface area contributed by atoms with Crippen LogP contribution in [-0.2, 0) is 9.53 Å². The lowest BCUT2D eigenvalue weighted by Crippen LogP contribution is -2.39. The number of amides is 3. The third-order valence-corrected chi connectivity index (χ3v) is 4.17. The quantitative estimate of drug-likeness (QED) is 0.650. The Morgan fingerprint density at radius 3 is 2.41 bits per heavy atom. The molecule has 1 heterocycles. The lowest BCUT2D eigenvalue weighted by Gasteiger charge is -2.07. The number of esters is 1. The molecule has 1 aromatic heterocycles. The Morgan fingerprint density at radius 2 is 1.72 bits per heavy atom. The van der Waals surface area contributed by atoms with Crippen molar-refractivity contribution >= 4 is 17.9 Å². The van der Waals surface area contributed by atoms with Crippen molar-refractivity contribution in [2.75, 3.05) is 13.7 Å². The van der Waals surface area contributed by atoms with Gasteiger partial charge in [0, 0.05) is 18.8 Å². The monoisotopic (exact) mass is 392 g/mol. The Morgan fingerprint density at radius 1 is 1.03 bits per heavy atom. The molecule has 0 aliphatic heterocycles. The van der Waals surface area contributed by atoms with Crippen molar-refractivity contribution in [1.82, 2.24) is 20.4 Å². The summed E-state index contributed by atoms with van der Waals surface area (Å²) in [7, 11) is 1.38. The van der Waals surface area contributed by atoms with Gasteiger partial charge in [-0.05, 0) is 24.6 Å². The summed E-state index contributed by atoms with van der Waals surface area (Å²) in [5, 5.41) is 8.86. The van der Waals surface area contributed by atoms with Gasteiger partial charge in [0.1, 0.15) is 11.3 Å². The molecule has 0 aliphatic carbocycles. The first-order valence-electron chi connectivity index (χ1n) is 8.89. The number of benzene rings is 2. The molecular formula is C21H20N4O4. The fourth-order valence-corrected chi connectivity index (χ4v) is 2.71. The molecule has 0 spiro atoms. The van der Waals surface area contributed by atoms with E-state index in [4.69, 9.17) is 4.74 Å². The van der Waals surface area contributed by atoms with E-state index in [1.165, 1.54) is 7.05 Å². The van der Waals surface area contributed by atoms with E-state index < -0.39 is 24.5 Å². The molecule has 3 aromatic rings. The number of hydrogen-bond acceptors (Lipinski definition) is 5. The Hall–Kier alpha value is -3.94. The number of aryl methyl sites for hydroxylation is 1. The SMILES string of the molecule is CNC(=O)NC(=O)COC(=O)c1cn(-c2ccccc2)nc1-c1ccccc1C. The predicted octanol–water partition coefficient (Wildman–Crippen LogP) is 2.46. The van der Waals surface area contributed by atoms with E-state index in [9.17, 15) is 14.4 Å². The van der Waals surface area contributed by atoms with Crippen LogP contribution in [0.4, 0.5) is 4.79 Å². The van der Waals surface area contributed by atoms with Gasteiger partial charge >= 0.3 is 12.0 Å². The van der Waals surface area contributed by atoms with E-state index in [0.717, 1.165) is 16.8 Å². The number of carbonyl (C=O) groups excluding carboxylic acids is 3. The van der Waals surface area contributed by atoms with Gasteiger partial charge in [0.2, 0.25) is 0 Å². The van der Waals surface area contributed by atoms with Gasteiger partial charge in [-0.2, -0.15) is 5.10 Å². The molecule has 0 radical (unpaired) electrons. The van der Waals surface area contributed by atoms with E-state index in [1.54, 1.807) is 10.9 Å². The van der Waals surface area contributed by atoms with Crippen LogP contribution in [0, 0.1) is 6.92 Å². The van der Waals surface area contributed by atoms with Crippen LogP contribution in [0.2, 0.25) is 0 Å². The average Bonchev–Trinajstić information content (AvgIpc) is 3.18. The van der Waals surface area contributed by atoms with Crippen LogP contribution in [0.3, 0.4) is 0 Å². The van der Waals surface area contributed by atoms with Crippen molar-refractivity contribution in [3.05, 3.63) is 71.9 Å². The first-order valence-corrected chi connectivity index (χ1v) is 8.89. The first kappa shape index (κ1) is 19.8. The maximum Gasteiger partial charge on any atom is 0.342 e. The Labute approximate surface area is 167 Å². The zero-order valence-corrected chi connectivity index (χ0v) is 16.0. The summed E-state index contributed by atoms with van der Waals surface area (Å²) in [5.74, 6) is -1.44. The number of para-hydroxylation sites is 1. The van der Waals surface area contributed by atoms with Gasteiger partial charge in [0.25, 0.3) is 5.91 Å². The van der Waals surface area contributed by atoms with Gasteiger partial charge in [-0.3, -0.25) is 10.1 Å². The lowest BCUT2D eigenvalue weighted by molar-refractivity contribution is -0.123. The molecule has 3 rings (SSSR count). The fourth-order valence-electron chi connectivity index (χ4n) is 2.71. The van der Waals surface area contributed by atoms with Crippen molar-refractivity contribution < 1.29 is 19.1 Å². The molecular weight excluding hydrogens is 372 g/mol. The topological polar surface area (TPSA) is 102 Å². The first-order chi connectivity index (χ1) is 14.0. The fraction of sp³-hybridized carbons (Fsp3) is 0.143. The number of nitrogens with one attached hydrogen (secondary N) is 2. The van der Waals surface area contributed by atoms with Crippen molar-refractivity contribution in [2.45, 2.75) is 6.92 Å². The third-order valence-electron chi connectivity index (χ3n) is 4.17. The summed E-state index contributed by atoms with van der Waals surface area (Å²) in [6, 6.07) is 16.2. The number of imide groups is 1. The summed E-state index contributed by atoms with van der Waals surface area (Å²) < 4.78 is 6.69. The maximum absolute atomic E-state index is 12.7. The zero-order chi connectivity index (χ0) is 20.8. The van der Waals surface area contributed by atoms with Crippen LogP contribution in [-0.4, -0.2) is 41.3 Å². The van der Waals surface area contributed by atoms with Crippen molar-refractivity contribution in [1.29, 1.82) is 0 Å². The maximum atomic E-state index is 12.7. The molecule has 148 valence electrons. The minimum Gasteiger partial charge on any atom is -0.452 e. The predicted molar refractivity (Wildman–Crippen MR) is 107 cm³/mol. The van der Waals surface area contributed by atoms with Crippen LogP contribution in [0.5, 0.6) is 0 Å². The standard InChI is InChI=1S/C21H20N4O4/c1-14-8-6-7-11-16(14)19-17(12-25(24-19)15-9-4-3-5-10-15)20(27)29-13-18(26)23-21(28)22-2/h3-12H,13H2,1-2H3,(H2,22,23,26,28). The zero-order valence-electron chi connectivity index (χ0n) is 16.0. The number of nitrogens with zero attached hydrogens (tertiary/aromatic N) is 2. The number of aromatic nitrogens is 2. The Balaban J connectivity index is 1.91. The average molecular weight is 392 g/mol. The van der Waals surface area contributed by atoms with Crippen LogP contribution in [0.15, 0.2) is 60.8 Å². The van der Waals surface area contributed by atoms with Gasteiger partial charge in [0.05, 0.1) is 5.69 Å². The van der Waals surface area contributed by atoms with E-state index in [1.807, 2.05) is 66.8 Å². The summed E-state index contributed by atoms with van der Waals surface area (Å²) >= 11 is 0. The highest BCUT2D eigenvalue weighted by Crippen LogP contribution is 2.27. The molecule has 0 saturated carbocycles. The van der Waals surface area contributed by atoms with E-state index >= 15 is 0 Å². The molecule has 2 aromatic carbocycles. The summed E-state index contributed by atoms with van der Waals surface area (Å²) in [6.45, 7) is 1.33. The second kappa shape index (κ2) is 8.83. The second-order valence-electron chi connectivity index (χ2n) is 6.19. The number of hydrogen-bond donors (Lipinski definition) is 2. The van der Waals surface area contributed by atoms with Gasteiger partial charge in [0.15, 0.2) is 6.61 Å². The van der Waals surface area contributed by atoms with Gasteiger partial charge < -0.3 is 10.1 Å². The molecule has 0 bridgehead atoms. The molecule has 0 fully saturated rings. The van der Waals surface area contributed by atoms with Crippen LogP contribution in [0.1, 0.15) is 15.9 Å². The number of urea groups is 1. The minimum atomic E-state index is -0.731. The van der Waals surface area contributed by atoms with Gasteiger partial charge in [-0.25, -0.2) is 14.3 Å². The molecule has 8 nitrogen and oxygen atoms in total. The highest BCUT2D eigenvalue weighted by atomic mass is 16.5. The van der Waals surface area contributed by atoms with E-state index in [2.05, 4.69) is 10.4 Å². The normalized spacial score (nSPS) is 10.3. The van der Waals surface area contributed by atoms with Crippen LogP contribution in [0.25, 0.3) is 16.9 Å². The molecule has 8 heteroatoms. The molecule has 0 aliphatic rings. The van der Waals surface area contributed by atoms with E-state index in [0.29, 0.717) is 5.69 Å². The van der Waals surface area contributed by atoms with Gasteiger partial charge in [-0.15, -0.1) is 0 Å². The molecule has 0 unspecified atom stereocenters. The summed E-state index contributed by atoms with van der Waals surface area (Å²) in [5.41, 5.74) is 3.17. The molecule has 0 atom stereocenters. The van der Waals surface area contributed by atoms with Gasteiger partial charge in [-0.1, -0.05) is 42.5 Å². The number of rotatable bonds is 5. The molecule has 0 saturated heterocycles. The minimum absolute atomic E-state index is 0.218. The second-order valence-corrected chi connectivity index (χ2v) is 6.19.